The Morgan fingerprint density at radius 2 is 1.80 bits per heavy atom. The van der Waals surface area contributed by atoms with E-state index < -0.39 is 11.7 Å². The van der Waals surface area contributed by atoms with E-state index in [-0.39, 0.29) is 23.1 Å². The summed E-state index contributed by atoms with van der Waals surface area (Å²) in [5, 5.41) is 10.3. The van der Waals surface area contributed by atoms with Gasteiger partial charge in [0.2, 0.25) is 11.8 Å². The van der Waals surface area contributed by atoms with E-state index in [4.69, 9.17) is 16.0 Å². The van der Waals surface area contributed by atoms with Crippen LogP contribution >= 0.6 is 11.6 Å². The lowest BCUT2D eigenvalue weighted by Crippen LogP contribution is -2.07. The molecule has 1 N–H and O–H groups in total. The second kappa shape index (κ2) is 6.76. The fourth-order valence-corrected chi connectivity index (χ4v) is 2.39. The Kier molecular flexibility index (Phi) is 4.67. The van der Waals surface area contributed by atoms with Gasteiger partial charge in [-0.15, -0.1) is 10.2 Å². The van der Waals surface area contributed by atoms with Gasteiger partial charge in [0.05, 0.1) is 17.1 Å². The van der Waals surface area contributed by atoms with Crippen LogP contribution in [0.3, 0.4) is 0 Å². The molecule has 0 radical (unpaired) electrons. The molecule has 0 atom stereocenters. The minimum atomic E-state index is -4.52. The van der Waals surface area contributed by atoms with Crippen molar-refractivity contribution in [3.05, 3.63) is 64.5 Å². The van der Waals surface area contributed by atoms with Crippen molar-refractivity contribution in [3.8, 4) is 11.5 Å². The fraction of sp³-hybridized carbons (Fsp3) is 0.176. The zero-order valence-corrected chi connectivity index (χ0v) is 13.8. The largest absolute Gasteiger partial charge is 0.419 e. The molecule has 0 fully saturated rings. The number of hydrogen-bond donors (Lipinski definition) is 1. The van der Waals surface area contributed by atoms with Gasteiger partial charge in [0, 0.05) is 11.3 Å². The number of aryl methyl sites for hydroxylation is 1. The van der Waals surface area contributed by atoms with Crippen molar-refractivity contribution in [2.45, 2.75) is 19.6 Å². The fourth-order valence-electron chi connectivity index (χ4n) is 2.17. The molecule has 130 valence electrons. The highest BCUT2D eigenvalue weighted by Crippen LogP contribution is 2.36. The van der Waals surface area contributed by atoms with Crippen LogP contribution in [0.1, 0.15) is 17.0 Å². The quantitative estimate of drug-likeness (QED) is 0.677. The summed E-state index contributed by atoms with van der Waals surface area (Å²) in [6.45, 7) is 2.06. The Bertz CT molecular complexity index is 876. The Balaban J connectivity index is 1.71. The zero-order valence-electron chi connectivity index (χ0n) is 13.1. The van der Waals surface area contributed by atoms with Gasteiger partial charge >= 0.3 is 6.18 Å². The lowest BCUT2D eigenvalue weighted by Gasteiger charge is -2.11. The SMILES string of the molecule is Cc1ccc(-c2nnc(CNc3ccc(Cl)c(C(F)(F)F)c3)o2)cc1. The van der Waals surface area contributed by atoms with E-state index in [0.29, 0.717) is 5.89 Å². The summed E-state index contributed by atoms with van der Waals surface area (Å²) in [7, 11) is 0. The van der Waals surface area contributed by atoms with Crippen molar-refractivity contribution in [1.82, 2.24) is 10.2 Å². The van der Waals surface area contributed by atoms with E-state index in [0.717, 1.165) is 17.2 Å². The molecule has 3 rings (SSSR count). The molecule has 0 aliphatic heterocycles. The first-order valence-corrected chi connectivity index (χ1v) is 7.71. The summed E-state index contributed by atoms with van der Waals surface area (Å²) < 4.78 is 44.1. The summed E-state index contributed by atoms with van der Waals surface area (Å²) in [6, 6.07) is 11.1. The molecule has 1 heterocycles. The van der Waals surface area contributed by atoms with Crippen molar-refractivity contribution in [2.75, 3.05) is 5.32 Å². The molecule has 0 amide bonds. The van der Waals surface area contributed by atoms with Crippen LogP contribution in [0.5, 0.6) is 0 Å². The Hall–Kier alpha value is -2.54. The molecule has 0 unspecified atom stereocenters. The molecule has 0 bridgehead atoms. The summed E-state index contributed by atoms with van der Waals surface area (Å²) in [6.07, 6.45) is -4.52. The Morgan fingerprint density at radius 3 is 2.48 bits per heavy atom. The molecule has 8 heteroatoms. The van der Waals surface area contributed by atoms with Gasteiger partial charge in [-0.3, -0.25) is 0 Å². The van der Waals surface area contributed by atoms with E-state index in [1.807, 2.05) is 31.2 Å². The number of nitrogens with zero attached hydrogens (tertiary/aromatic N) is 2. The summed E-state index contributed by atoms with van der Waals surface area (Å²) in [5.74, 6) is 0.614. The van der Waals surface area contributed by atoms with Crippen LogP contribution in [0.2, 0.25) is 5.02 Å². The van der Waals surface area contributed by atoms with Crippen molar-refractivity contribution in [3.63, 3.8) is 0 Å². The molecule has 0 saturated heterocycles. The molecule has 0 aliphatic carbocycles. The molecule has 4 nitrogen and oxygen atoms in total. The number of alkyl halides is 3. The number of rotatable bonds is 4. The highest BCUT2D eigenvalue weighted by Gasteiger charge is 2.33. The van der Waals surface area contributed by atoms with Crippen LogP contribution in [0, 0.1) is 6.92 Å². The highest BCUT2D eigenvalue weighted by atomic mass is 35.5. The van der Waals surface area contributed by atoms with Gasteiger partial charge in [0.1, 0.15) is 0 Å². The molecule has 0 saturated carbocycles. The maximum Gasteiger partial charge on any atom is 0.417 e. The molecular formula is C17H13ClF3N3O. The number of nitrogens with one attached hydrogen (secondary N) is 1. The first kappa shape index (κ1) is 17.3. The summed E-state index contributed by atoms with van der Waals surface area (Å²) in [5.41, 5.74) is 1.24. The third kappa shape index (κ3) is 4.11. The van der Waals surface area contributed by atoms with Gasteiger partial charge in [0.15, 0.2) is 0 Å². The maximum atomic E-state index is 12.9. The van der Waals surface area contributed by atoms with E-state index in [9.17, 15) is 13.2 Å². The van der Waals surface area contributed by atoms with E-state index in [1.165, 1.54) is 12.1 Å². The lowest BCUT2D eigenvalue weighted by atomic mass is 10.1. The molecule has 25 heavy (non-hydrogen) atoms. The van der Waals surface area contributed by atoms with Crippen LogP contribution in [-0.4, -0.2) is 10.2 Å². The van der Waals surface area contributed by atoms with Gasteiger partial charge in [-0.05, 0) is 37.3 Å². The number of benzene rings is 2. The van der Waals surface area contributed by atoms with Gasteiger partial charge in [-0.25, -0.2) is 0 Å². The highest BCUT2D eigenvalue weighted by molar-refractivity contribution is 6.31. The Labute approximate surface area is 146 Å². The van der Waals surface area contributed by atoms with E-state index in [1.54, 1.807) is 0 Å². The number of aromatic nitrogens is 2. The normalized spacial score (nSPS) is 11.6. The molecule has 1 aromatic heterocycles. The standard InChI is InChI=1S/C17H13ClF3N3O/c1-10-2-4-11(5-3-10)16-24-23-15(25-16)9-22-12-6-7-14(18)13(8-12)17(19,20)21/h2-8,22H,9H2,1H3. The first-order valence-electron chi connectivity index (χ1n) is 7.33. The molecule has 2 aromatic carbocycles. The third-order valence-electron chi connectivity index (χ3n) is 3.48. The lowest BCUT2D eigenvalue weighted by molar-refractivity contribution is -0.137. The van der Waals surface area contributed by atoms with Crippen molar-refractivity contribution in [1.29, 1.82) is 0 Å². The molecule has 0 spiro atoms. The minimum absolute atomic E-state index is 0.0950. The van der Waals surface area contributed by atoms with Crippen LogP contribution in [0.4, 0.5) is 18.9 Å². The van der Waals surface area contributed by atoms with Crippen molar-refractivity contribution < 1.29 is 17.6 Å². The topological polar surface area (TPSA) is 51.0 Å². The monoisotopic (exact) mass is 367 g/mol. The predicted octanol–water partition coefficient (Wildman–Crippen LogP) is 5.33. The zero-order chi connectivity index (χ0) is 18.0. The summed E-state index contributed by atoms with van der Waals surface area (Å²) >= 11 is 5.59. The second-order valence-electron chi connectivity index (χ2n) is 5.41. The van der Waals surface area contributed by atoms with Crippen molar-refractivity contribution >= 4 is 17.3 Å². The average molecular weight is 368 g/mol. The van der Waals surface area contributed by atoms with Gasteiger partial charge < -0.3 is 9.73 Å². The minimum Gasteiger partial charge on any atom is -0.419 e. The van der Waals surface area contributed by atoms with E-state index in [2.05, 4.69) is 15.5 Å². The summed E-state index contributed by atoms with van der Waals surface area (Å²) in [4.78, 5) is 0. The smallest absolute Gasteiger partial charge is 0.417 e. The predicted molar refractivity (Wildman–Crippen MR) is 88.3 cm³/mol. The van der Waals surface area contributed by atoms with Gasteiger partial charge in [-0.1, -0.05) is 29.3 Å². The van der Waals surface area contributed by atoms with Crippen LogP contribution in [0.15, 0.2) is 46.9 Å². The third-order valence-corrected chi connectivity index (χ3v) is 3.81. The number of hydrogen-bond acceptors (Lipinski definition) is 4. The molecular weight excluding hydrogens is 355 g/mol. The molecule has 3 aromatic rings. The van der Waals surface area contributed by atoms with Crippen LogP contribution in [0.25, 0.3) is 11.5 Å². The maximum absolute atomic E-state index is 12.9. The number of anilines is 1. The molecule has 0 aliphatic rings. The van der Waals surface area contributed by atoms with Gasteiger partial charge in [0.25, 0.3) is 0 Å². The second-order valence-corrected chi connectivity index (χ2v) is 5.82. The van der Waals surface area contributed by atoms with Crippen LogP contribution < -0.4 is 5.32 Å². The van der Waals surface area contributed by atoms with Gasteiger partial charge in [-0.2, -0.15) is 13.2 Å². The average Bonchev–Trinajstić information content (AvgIpc) is 3.02. The first-order chi connectivity index (χ1) is 11.8. The number of halogens is 4. The van der Waals surface area contributed by atoms with E-state index >= 15 is 0 Å². The van der Waals surface area contributed by atoms with Crippen LogP contribution in [-0.2, 0) is 12.7 Å². The van der Waals surface area contributed by atoms with Crippen molar-refractivity contribution in [2.24, 2.45) is 0 Å². The Morgan fingerprint density at radius 1 is 1.08 bits per heavy atom.